The van der Waals surface area contributed by atoms with Gasteiger partial charge < -0.3 is 10.7 Å². The molecule has 0 aliphatic heterocycles. The van der Waals surface area contributed by atoms with E-state index in [0.717, 1.165) is 15.9 Å². The first-order valence-electron chi connectivity index (χ1n) is 4.06. The minimum Gasteiger partial charge on any atom is -0.367 e. The monoisotopic (exact) mass is 241 g/mol. The maximum absolute atomic E-state index is 7.20. The molecule has 0 aromatic carbocycles. The zero-order valence-electron chi connectivity index (χ0n) is 7.63. The molecule has 0 radical (unpaired) electrons. The summed E-state index contributed by atoms with van der Waals surface area (Å²) < 4.78 is 0.889. The average molecular weight is 242 g/mol. The Bertz CT molecular complexity index is 310. The van der Waals surface area contributed by atoms with Gasteiger partial charge in [-0.25, -0.2) is 4.98 Å². The Labute approximate surface area is 86.2 Å². The molecule has 1 heterocycles. The lowest BCUT2D eigenvalue weighted by Crippen LogP contribution is -2.12. The minimum absolute atomic E-state index is 0.326. The molecule has 1 aromatic heterocycles. The molecule has 1 aromatic rings. The highest BCUT2D eigenvalue weighted by Gasteiger charge is 2.03. The quantitative estimate of drug-likeness (QED) is 0.800. The first-order chi connectivity index (χ1) is 6.13. The molecule has 0 unspecified atom stereocenters. The Morgan fingerprint density at radius 3 is 2.85 bits per heavy atom. The van der Waals surface area contributed by atoms with Gasteiger partial charge in [0.1, 0.15) is 5.82 Å². The van der Waals surface area contributed by atoms with Crippen molar-refractivity contribution in [3.63, 3.8) is 0 Å². The van der Waals surface area contributed by atoms with Gasteiger partial charge in [0.15, 0.2) is 0 Å². The Morgan fingerprint density at radius 1 is 1.62 bits per heavy atom. The van der Waals surface area contributed by atoms with Crippen molar-refractivity contribution in [2.45, 2.75) is 19.9 Å². The maximum Gasteiger partial charge on any atom is 0.135 e. The molecule has 0 saturated heterocycles. The number of nitrogens with zero attached hydrogens (tertiary/aromatic N) is 1. The predicted molar refractivity (Wildman–Crippen MR) is 58.6 cm³/mol. The van der Waals surface area contributed by atoms with E-state index in [9.17, 15) is 0 Å². The number of halogens is 1. The molecule has 0 fully saturated rings. The SMILES string of the molecule is CC(C)Nc1ncc(Br)cc1C=N. The number of rotatable bonds is 3. The molecule has 3 nitrogen and oxygen atoms in total. The zero-order valence-corrected chi connectivity index (χ0v) is 9.22. The second-order valence-corrected chi connectivity index (χ2v) is 3.95. The number of aromatic nitrogens is 1. The van der Waals surface area contributed by atoms with Crippen LogP contribution >= 0.6 is 15.9 Å². The molecule has 13 heavy (non-hydrogen) atoms. The molecule has 2 N–H and O–H groups in total. The third-order valence-corrected chi connectivity index (χ3v) is 1.90. The second kappa shape index (κ2) is 4.37. The van der Waals surface area contributed by atoms with Gasteiger partial charge in [-0.05, 0) is 35.8 Å². The lowest BCUT2D eigenvalue weighted by molar-refractivity contribution is 0.888. The van der Waals surface area contributed by atoms with Crippen molar-refractivity contribution in [1.29, 1.82) is 5.41 Å². The van der Waals surface area contributed by atoms with Gasteiger partial charge in [0.05, 0.1) is 0 Å². The van der Waals surface area contributed by atoms with E-state index in [4.69, 9.17) is 5.41 Å². The molecule has 0 amide bonds. The van der Waals surface area contributed by atoms with Crippen molar-refractivity contribution < 1.29 is 0 Å². The van der Waals surface area contributed by atoms with Crippen molar-refractivity contribution in [3.8, 4) is 0 Å². The summed E-state index contributed by atoms with van der Waals surface area (Å²) in [6.07, 6.45) is 3.01. The summed E-state index contributed by atoms with van der Waals surface area (Å²) in [5, 5.41) is 10.4. The fraction of sp³-hybridized carbons (Fsp3) is 0.333. The van der Waals surface area contributed by atoms with Crippen LogP contribution in [0.1, 0.15) is 19.4 Å². The summed E-state index contributed by atoms with van der Waals surface area (Å²) >= 11 is 3.31. The number of anilines is 1. The van der Waals surface area contributed by atoms with Gasteiger partial charge in [0.25, 0.3) is 0 Å². The molecule has 0 spiro atoms. The topological polar surface area (TPSA) is 48.8 Å². The van der Waals surface area contributed by atoms with E-state index >= 15 is 0 Å². The van der Waals surface area contributed by atoms with Gasteiger partial charge in [-0.15, -0.1) is 0 Å². The number of pyridine rings is 1. The Morgan fingerprint density at radius 2 is 2.31 bits per heavy atom. The van der Waals surface area contributed by atoms with E-state index in [2.05, 4.69) is 26.2 Å². The van der Waals surface area contributed by atoms with E-state index in [0.29, 0.717) is 6.04 Å². The van der Waals surface area contributed by atoms with Crippen molar-refractivity contribution in [2.75, 3.05) is 5.32 Å². The van der Waals surface area contributed by atoms with Crippen LogP contribution in [0.5, 0.6) is 0 Å². The van der Waals surface area contributed by atoms with Crippen LogP contribution in [-0.4, -0.2) is 17.2 Å². The van der Waals surface area contributed by atoms with Crippen molar-refractivity contribution >= 4 is 28.0 Å². The molecular weight excluding hydrogens is 230 g/mol. The summed E-state index contributed by atoms with van der Waals surface area (Å²) in [6.45, 7) is 4.08. The van der Waals surface area contributed by atoms with E-state index in [1.165, 1.54) is 6.21 Å². The minimum atomic E-state index is 0.326. The molecule has 0 aliphatic rings. The van der Waals surface area contributed by atoms with E-state index in [1.807, 2.05) is 19.9 Å². The molecule has 0 atom stereocenters. The summed E-state index contributed by atoms with van der Waals surface area (Å²) in [4.78, 5) is 4.18. The Hall–Kier alpha value is -0.900. The number of hydrogen-bond acceptors (Lipinski definition) is 3. The fourth-order valence-electron chi connectivity index (χ4n) is 0.959. The van der Waals surface area contributed by atoms with Gasteiger partial charge in [0, 0.05) is 28.5 Å². The van der Waals surface area contributed by atoms with Crippen LogP contribution in [0.25, 0.3) is 0 Å². The third-order valence-electron chi connectivity index (χ3n) is 1.46. The van der Waals surface area contributed by atoms with Crippen LogP contribution in [0.4, 0.5) is 5.82 Å². The van der Waals surface area contributed by atoms with Crippen LogP contribution in [0.3, 0.4) is 0 Å². The standard InChI is InChI=1S/C9H12BrN3/c1-6(2)13-9-7(4-11)3-8(10)5-12-9/h3-6,11H,1-2H3,(H,12,13). The third kappa shape index (κ3) is 2.81. The Balaban J connectivity index is 2.99. The van der Waals surface area contributed by atoms with Gasteiger partial charge in [-0.2, -0.15) is 0 Å². The average Bonchev–Trinajstić information content (AvgIpc) is 2.07. The van der Waals surface area contributed by atoms with Crippen LogP contribution < -0.4 is 5.32 Å². The maximum atomic E-state index is 7.20. The smallest absolute Gasteiger partial charge is 0.135 e. The van der Waals surface area contributed by atoms with Crippen LogP contribution in [0.2, 0.25) is 0 Å². The first-order valence-corrected chi connectivity index (χ1v) is 4.85. The highest BCUT2D eigenvalue weighted by Crippen LogP contribution is 2.16. The van der Waals surface area contributed by atoms with Crippen molar-refractivity contribution in [3.05, 3.63) is 22.3 Å². The summed E-state index contributed by atoms with van der Waals surface area (Å²) in [5.41, 5.74) is 0.795. The molecule has 0 saturated carbocycles. The summed E-state index contributed by atoms with van der Waals surface area (Å²) in [6, 6.07) is 2.19. The van der Waals surface area contributed by atoms with Crippen molar-refractivity contribution in [2.24, 2.45) is 0 Å². The number of nitrogens with one attached hydrogen (secondary N) is 2. The molecule has 4 heteroatoms. The second-order valence-electron chi connectivity index (χ2n) is 3.03. The van der Waals surface area contributed by atoms with E-state index in [-0.39, 0.29) is 0 Å². The summed E-state index contributed by atoms with van der Waals surface area (Å²) in [5.74, 6) is 0.758. The zero-order chi connectivity index (χ0) is 9.84. The van der Waals surface area contributed by atoms with E-state index < -0.39 is 0 Å². The molecular formula is C9H12BrN3. The molecule has 0 bridgehead atoms. The van der Waals surface area contributed by atoms with Gasteiger partial charge in [-0.3, -0.25) is 0 Å². The lowest BCUT2D eigenvalue weighted by atomic mass is 10.2. The van der Waals surface area contributed by atoms with Crippen LogP contribution in [0, 0.1) is 5.41 Å². The highest BCUT2D eigenvalue weighted by atomic mass is 79.9. The van der Waals surface area contributed by atoms with Crippen LogP contribution in [0.15, 0.2) is 16.7 Å². The summed E-state index contributed by atoms with van der Waals surface area (Å²) in [7, 11) is 0. The predicted octanol–water partition coefficient (Wildman–Crippen LogP) is 2.66. The van der Waals surface area contributed by atoms with Gasteiger partial charge >= 0.3 is 0 Å². The fourth-order valence-corrected chi connectivity index (χ4v) is 1.31. The Kier molecular flexibility index (Phi) is 3.42. The molecule has 70 valence electrons. The van der Waals surface area contributed by atoms with Crippen LogP contribution in [-0.2, 0) is 0 Å². The lowest BCUT2D eigenvalue weighted by Gasteiger charge is -2.11. The van der Waals surface area contributed by atoms with Crippen molar-refractivity contribution in [1.82, 2.24) is 4.98 Å². The largest absolute Gasteiger partial charge is 0.367 e. The highest BCUT2D eigenvalue weighted by molar-refractivity contribution is 9.10. The van der Waals surface area contributed by atoms with Gasteiger partial charge in [0.2, 0.25) is 0 Å². The van der Waals surface area contributed by atoms with E-state index in [1.54, 1.807) is 6.20 Å². The molecule has 1 rings (SSSR count). The van der Waals surface area contributed by atoms with Gasteiger partial charge in [-0.1, -0.05) is 0 Å². The number of hydrogen-bond donors (Lipinski definition) is 2. The molecule has 0 aliphatic carbocycles. The first kappa shape index (κ1) is 10.2. The normalized spacial score (nSPS) is 10.2.